The lowest BCUT2D eigenvalue weighted by Crippen LogP contribution is -2.34. The van der Waals surface area contributed by atoms with Gasteiger partial charge in [-0.2, -0.15) is 0 Å². The van der Waals surface area contributed by atoms with Gasteiger partial charge in [0.15, 0.2) is 0 Å². The topological polar surface area (TPSA) is 46.2 Å². The van der Waals surface area contributed by atoms with Crippen molar-refractivity contribution in [2.24, 2.45) is 0 Å². The van der Waals surface area contributed by atoms with E-state index in [-0.39, 0.29) is 11.8 Å². The Balaban J connectivity index is 0.000000384. The standard InChI is InChI=1S/C30H24P2.C4H3NO2/c1-5-15-25(16-6-1)31(26-17-7-2-8-18-26)29-23-13-14-24-30(29)32(27-19-9-3-10-20-27)28-21-11-4-12-22-28;6-3-1-2-4(7)5-3/h1-24H;1-2H,(H,5,6,7). The first-order valence-corrected chi connectivity index (χ1v) is 15.3. The summed E-state index contributed by atoms with van der Waals surface area (Å²) < 4.78 is 0. The monoisotopic (exact) mass is 543 g/mol. The molecule has 0 saturated carbocycles. The van der Waals surface area contributed by atoms with Crippen LogP contribution in [0.15, 0.2) is 158 Å². The van der Waals surface area contributed by atoms with Gasteiger partial charge in [-0.25, -0.2) is 0 Å². The summed E-state index contributed by atoms with van der Waals surface area (Å²) in [6.45, 7) is 0. The summed E-state index contributed by atoms with van der Waals surface area (Å²) in [6, 6.07) is 53.0. The Hall–Kier alpha value is -4.16. The average molecular weight is 544 g/mol. The Kier molecular flexibility index (Phi) is 8.86. The minimum atomic E-state index is -0.664. The Morgan fingerprint density at radius 2 is 0.615 bits per heavy atom. The van der Waals surface area contributed by atoms with Crippen LogP contribution >= 0.6 is 15.8 Å². The second kappa shape index (κ2) is 13.1. The van der Waals surface area contributed by atoms with Gasteiger partial charge in [-0.3, -0.25) is 14.9 Å². The van der Waals surface area contributed by atoms with Gasteiger partial charge >= 0.3 is 0 Å². The highest BCUT2D eigenvalue weighted by Gasteiger charge is 2.25. The van der Waals surface area contributed by atoms with Crippen LogP contribution in [0.2, 0.25) is 0 Å². The van der Waals surface area contributed by atoms with Crippen LogP contribution in [0.5, 0.6) is 0 Å². The molecule has 1 aliphatic rings. The molecule has 1 heterocycles. The van der Waals surface area contributed by atoms with E-state index < -0.39 is 15.8 Å². The molecule has 0 saturated heterocycles. The van der Waals surface area contributed by atoms with Crippen LogP contribution in [0.25, 0.3) is 0 Å². The highest BCUT2D eigenvalue weighted by atomic mass is 31.1. The van der Waals surface area contributed by atoms with E-state index in [9.17, 15) is 9.59 Å². The maximum absolute atomic E-state index is 10.0. The number of hydrogen-bond donors (Lipinski definition) is 1. The maximum Gasteiger partial charge on any atom is 0.250 e. The molecule has 6 rings (SSSR count). The lowest BCUT2D eigenvalue weighted by Gasteiger charge is -2.27. The van der Waals surface area contributed by atoms with E-state index in [2.05, 4.69) is 146 Å². The normalized spacial score (nSPS) is 12.3. The van der Waals surface area contributed by atoms with Gasteiger partial charge in [0.1, 0.15) is 0 Å². The van der Waals surface area contributed by atoms with Crippen LogP contribution < -0.4 is 37.1 Å². The van der Waals surface area contributed by atoms with Crippen LogP contribution in [-0.2, 0) is 9.59 Å². The molecule has 0 bridgehead atoms. The fraction of sp³-hybridized carbons (Fsp3) is 0. The Morgan fingerprint density at radius 1 is 0.359 bits per heavy atom. The largest absolute Gasteiger partial charge is 0.289 e. The van der Waals surface area contributed by atoms with E-state index in [0.717, 1.165) is 0 Å². The Labute approximate surface area is 231 Å². The number of amides is 2. The highest BCUT2D eigenvalue weighted by Crippen LogP contribution is 2.38. The molecule has 0 spiro atoms. The molecule has 5 heteroatoms. The molecule has 0 atom stereocenters. The second-order valence-corrected chi connectivity index (χ2v) is 13.1. The lowest BCUT2D eigenvalue weighted by molar-refractivity contribution is -0.123. The van der Waals surface area contributed by atoms with Crippen LogP contribution in [-0.4, -0.2) is 11.8 Å². The molecule has 0 aromatic heterocycles. The molecule has 0 fully saturated rings. The fourth-order valence-electron chi connectivity index (χ4n) is 4.36. The van der Waals surface area contributed by atoms with Crippen molar-refractivity contribution in [2.75, 3.05) is 0 Å². The third kappa shape index (κ3) is 6.65. The molecule has 5 aromatic rings. The first-order chi connectivity index (χ1) is 19.2. The third-order valence-corrected chi connectivity index (χ3v) is 11.2. The van der Waals surface area contributed by atoms with Crippen molar-refractivity contribution in [1.29, 1.82) is 0 Å². The first kappa shape index (κ1) is 26.4. The summed E-state index contributed by atoms with van der Waals surface area (Å²) >= 11 is 0. The summed E-state index contributed by atoms with van der Waals surface area (Å²) in [5, 5.41) is 10.5. The highest BCUT2D eigenvalue weighted by molar-refractivity contribution is 7.85. The van der Waals surface area contributed by atoms with Gasteiger partial charge in [0.25, 0.3) is 11.8 Å². The molecule has 1 aliphatic heterocycles. The molecule has 0 aliphatic carbocycles. The Morgan fingerprint density at radius 3 is 0.846 bits per heavy atom. The SMILES string of the molecule is O=C1C=CC(=O)N1.c1ccc(P(c2ccccc2)c2ccccc2P(c2ccccc2)c2ccccc2)cc1. The number of carbonyl (C=O) groups excluding carboxylic acids is 2. The van der Waals surface area contributed by atoms with E-state index in [1.165, 1.54) is 44.0 Å². The van der Waals surface area contributed by atoms with Crippen molar-refractivity contribution in [2.45, 2.75) is 0 Å². The van der Waals surface area contributed by atoms with E-state index in [1.54, 1.807) is 0 Å². The summed E-state index contributed by atoms with van der Waals surface area (Å²) in [5.74, 6) is -0.657. The van der Waals surface area contributed by atoms with Gasteiger partial charge in [-0.15, -0.1) is 0 Å². The third-order valence-electron chi connectivity index (χ3n) is 6.05. The van der Waals surface area contributed by atoms with Gasteiger partial charge in [0.2, 0.25) is 0 Å². The molecule has 2 amide bonds. The van der Waals surface area contributed by atoms with Crippen molar-refractivity contribution < 1.29 is 9.59 Å². The van der Waals surface area contributed by atoms with E-state index in [4.69, 9.17) is 0 Å². The van der Waals surface area contributed by atoms with Crippen LogP contribution in [0.3, 0.4) is 0 Å². The predicted molar refractivity (Wildman–Crippen MR) is 166 cm³/mol. The molecule has 0 unspecified atom stereocenters. The van der Waals surface area contributed by atoms with Gasteiger partial charge in [0.05, 0.1) is 0 Å². The summed E-state index contributed by atoms with van der Waals surface area (Å²) in [5.41, 5.74) is 0. The number of carbonyl (C=O) groups is 2. The number of hydrogen-bond acceptors (Lipinski definition) is 2. The maximum atomic E-state index is 10.0. The van der Waals surface area contributed by atoms with E-state index in [1.807, 2.05) is 5.32 Å². The fourth-order valence-corrected chi connectivity index (χ4v) is 9.63. The zero-order valence-corrected chi connectivity index (χ0v) is 23.0. The number of nitrogens with one attached hydrogen (secondary N) is 1. The first-order valence-electron chi connectivity index (χ1n) is 12.6. The molecular weight excluding hydrogens is 516 g/mol. The smallest absolute Gasteiger partial charge is 0.250 e. The molecule has 1 N–H and O–H groups in total. The summed E-state index contributed by atoms with van der Waals surface area (Å²) in [4.78, 5) is 20.1. The van der Waals surface area contributed by atoms with Gasteiger partial charge in [-0.05, 0) is 47.7 Å². The molecule has 5 aromatic carbocycles. The zero-order valence-electron chi connectivity index (χ0n) is 21.2. The van der Waals surface area contributed by atoms with Gasteiger partial charge < -0.3 is 0 Å². The second-order valence-electron chi connectivity index (χ2n) is 8.69. The molecule has 190 valence electrons. The lowest BCUT2D eigenvalue weighted by atomic mass is 10.3. The molecular formula is C34H27NO2P2. The van der Waals surface area contributed by atoms with Crippen LogP contribution in [0.4, 0.5) is 0 Å². The van der Waals surface area contributed by atoms with E-state index >= 15 is 0 Å². The Bertz CT molecular complexity index is 1360. The summed E-state index contributed by atoms with van der Waals surface area (Å²) in [7, 11) is -1.33. The minimum Gasteiger partial charge on any atom is -0.289 e. The van der Waals surface area contributed by atoms with Crippen LogP contribution in [0.1, 0.15) is 0 Å². The zero-order chi connectivity index (χ0) is 26.9. The van der Waals surface area contributed by atoms with Crippen molar-refractivity contribution in [3.05, 3.63) is 158 Å². The number of benzene rings is 5. The quantitative estimate of drug-likeness (QED) is 0.255. The van der Waals surface area contributed by atoms with Gasteiger partial charge in [0, 0.05) is 12.2 Å². The summed E-state index contributed by atoms with van der Waals surface area (Å²) in [6.07, 6.45) is 2.39. The van der Waals surface area contributed by atoms with Crippen molar-refractivity contribution in [1.82, 2.24) is 5.32 Å². The number of rotatable bonds is 6. The van der Waals surface area contributed by atoms with Crippen molar-refractivity contribution in [3.63, 3.8) is 0 Å². The molecule has 39 heavy (non-hydrogen) atoms. The van der Waals surface area contributed by atoms with Crippen molar-refractivity contribution in [3.8, 4) is 0 Å². The molecule has 3 nitrogen and oxygen atoms in total. The predicted octanol–water partition coefficient (Wildman–Crippen LogP) is 4.40. The number of imide groups is 1. The van der Waals surface area contributed by atoms with Crippen molar-refractivity contribution >= 4 is 59.5 Å². The minimum absolute atomic E-state index is 0.329. The molecule has 0 radical (unpaired) electrons. The van der Waals surface area contributed by atoms with Gasteiger partial charge in [-0.1, -0.05) is 146 Å². The van der Waals surface area contributed by atoms with Crippen LogP contribution in [0, 0.1) is 0 Å². The average Bonchev–Trinajstić information content (AvgIpc) is 3.39. The van der Waals surface area contributed by atoms with E-state index in [0.29, 0.717) is 0 Å².